The number of carbonyl (C=O) groups is 1. The summed E-state index contributed by atoms with van der Waals surface area (Å²) in [5, 5.41) is 9.92. The molecule has 0 radical (unpaired) electrons. The zero-order valence-electron chi connectivity index (χ0n) is 6.91. The minimum Gasteiger partial charge on any atom is -0.550 e. The number of aliphatic carboxylic acids is 1. The molecular weight excluding hydrogens is 184 g/mol. The minimum absolute atomic E-state index is 0. The van der Waals surface area contributed by atoms with Crippen molar-refractivity contribution in [3.8, 4) is 0 Å². The van der Waals surface area contributed by atoms with E-state index in [4.69, 9.17) is 0 Å². The van der Waals surface area contributed by atoms with Crippen LogP contribution in [0.3, 0.4) is 0 Å². The molecule has 11 heavy (non-hydrogen) atoms. The third kappa shape index (κ3) is 13.1. The fourth-order valence-corrected chi connectivity index (χ4v) is 0.873. The Balaban J connectivity index is 0. The molecule has 3 heteroatoms. The number of hydrogen-bond donors (Lipinski definition) is 0. The summed E-state index contributed by atoms with van der Waals surface area (Å²) in [4.78, 5) is 9.92. The van der Waals surface area contributed by atoms with Crippen molar-refractivity contribution in [1.82, 2.24) is 0 Å². The van der Waals surface area contributed by atoms with Gasteiger partial charge in [-0.2, -0.15) is 0 Å². The molecule has 0 atom stereocenters. The van der Waals surface area contributed by atoms with E-state index >= 15 is 0 Å². The first-order valence-electron chi connectivity index (χ1n) is 3.97. The van der Waals surface area contributed by atoms with Crippen LogP contribution in [0.2, 0.25) is 0 Å². The van der Waals surface area contributed by atoms with Gasteiger partial charge < -0.3 is 9.90 Å². The number of carbonyl (C=O) groups excluding carboxylic acids is 1. The van der Waals surface area contributed by atoms with Crippen LogP contribution in [0.4, 0.5) is 0 Å². The molecule has 0 unspecified atom stereocenters. The van der Waals surface area contributed by atoms with Gasteiger partial charge in [-0.05, 0) is 12.8 Å². The van der Waals surface area contributed by atoms with Crippen LogP contribution < -0.4 is 5.11 Å². The predicted molar refractivity (Wildman–Crippen MR) is 38.4 cm³/mol. The summed E-state index contributed by atoms with van der Waals surface area (Å²) in [5.41, 5.74) is 0. The summed E-state index contributed by atoms with van der Waals surface area (Å²) in [6, 6.07) is 0. The van der Waals surface area contributed by atoms with Crippen molar-refractivity contribution in [2.75, 3.05) is 0 Å². The van der Waals surface area contributed by atoms with E-state index in [0.29, 0.717) is 0 Å². The van der Waals surface area contributed by atoms with Crippen molar-refractivity contribution in [2.45, 2.75) is 45.4 Å². The van der Waals surface area contributed by atoms with Gasteiger partial charge in [0.1, 0.15) is 0 Å². The first kappa shape index (κ1) is 13.6. The molecule has 0 rings (SSSR count). The molecule has 0 aromatic heterocycles. The Kier molecular flexibility index (Phi) is 12.3. The van der Waals surface area contributed by atoms with Crippen LogP contribution >= 0.6 is 0 Å². The molecule has 0 saturated carbocycles. The van der Waals surface area contributed by atoms with Crippen molar-refractivity contribution in [1.29, 1.82) is 0 Å². The van der Waals surface area contributed by atoms with Gasteiger partial charge in [0.05, 0.1) is 0 Å². The van der Waals surface area contributed by atoms with E-state index in [0.717, 1.165) is 19.3 Å². The van der Waals surface area contributed by atoms with Crippen LogP contribution in [0.15, 0.2) is 0 Å². The van der Waals surface area contributed by atoms with Crippen molar-refractivity contribution in [3.63, 3.8) is 0 Å². The number of carboxylic acid groups (broad SMARTS) is 1. The van der Waals surface area contributed by atoms with Crippen LogP contribution in [0.5, 0.6) is 0 Å². The maximum atomic E-state index is 9.92. The van der Waals surface area contributed by atoms with Gasteiger partial charge in [0.15, 0.2) is 0 Å². The molecule has 0 spiro atoms. The summed E-state index contributed by atoms with van der Waals surface area (Å²) >= 11 is 0. The number of unbranched alkanes of at least 4 members (excludes halogenated alkanes) is 4. The summed E-state index contributed by atoms with van der Waals surface area (Å²) < 4.78 is 0. The molecule has 0 amide bonds. The summed E-state index contributed by atoms with van der Waals surface area (Å²) in [6.45, 7) is 2.14. The van der Waals surface area contributed by atoms with Crippen molar-refractivity contribution in [3.05, 3.63) is 0 Å². The Morgan fingerprint density at radius 2 is 1.73 bits per heavy atom. The van der Waals surface area contributed by atoms with Crippen LogP contribution in [-0.4, -0.2) is 5.97 Å². The van der Waals surface area contributed by atoms with Gasteiger partial charge in [0.2, 0.25) is 0 Å². The van der Waals surface area contributed by atoms with Gasteiger partial charge in [-0.15, -0.1) is 0 Å². The Bertz CT molecular complexity index is 94.1. The summed E-state index contributed by atoms with van der Waals surface area (Å²) in [5.74, 6) is -0.920. The Morgan fingerprint density at radius 3 is 2.18 bits per heavy atom. The van der Waals surface area contributed by atoms with Gasteiger partial charge in [-0.25, -0.2) is 0 Å². The van der Waals surface area contributed by atoms with Crippen molar-refractivity contribution < 1.29 is 27.0 Å². The van der Waals surface area contributed by atoms with Crippen LogP contribution in [0, 0.1) is 0 Å². The predicted octanol–water partition coefficient (Wildman–Crippen LogP) is 1.09. The largest absolute Gasteiger partial charge is 2.00 e. The van der Waals surface area contributed by atoms with Gasteiger partial charge in [0.25, 0.3) is 0 Å². The molecule has 0 aromatic carbocycles. The van der Waals surface area contributed by atoms with E-state index in [-0.39, 0.29) is 23.5 Å². The zero-order valence-corrected chi connectivity index (χ0v) is 8.02. The average Bonchev–Trinajstić information content (AvgIpc) is 1.87. The molecule has 0 aromatic rings. The maximum absolute atomic E-state index is 9.92. The molecule has 2 nitrogen and oxygen atoms in total. The molecule has 0 bridgehead atoms. The summed E-state index contributed by atoms with van der Waals surface area (Å²) in [6.07, 6.45) is 5.61. The number of carboxylic acids is 1. The number of hydrogen-bond acceptors (Lipinski definition) is 2. The third-order valence-electron chi connectivity index (χ3n) is 1.48. The quantitative estimate of drug-likeness (QED) is 0.474. The Labute approximate surface area is 78.8 Å². The van der Waals surface area contributed by atoms with E-state index in [2.05, 4.69) is 6.92 Å². The molecule has 66 valence electrons. The maximum Gasteiger partial charge on any atom is 2.00 e. The zero-order chi connectivity index (χ0) is 7.82. The third-order valence-corrected chi connectivity index (χ3v) is 1.48. The molecule has 0 aliphatic rings. The van der Waals surface area contributed by atoms with Crippen LogP contribution in [-0.2, 0) is 21.9 Å². The molecular formula is C8H15FeO2+. The minimum atomic E-state index is -0.920. The second kappa shape index (κ2) is 9.99. The van der Waals surface area contributed by atoms with E-state index < -0.39 is 5.97 Å². The van der Waals surface area contributed by atoms with Gasteiger partial charge in [-0.3, -0.25) is 0 Å². The standard InChI is InChI=1S/C8H16O2.Fe/c1-2-3-4-5-6-7-8(9)10;/h2-7H2,1H3,(H,9,10);/q;+2/p-1. The SMILES string of the molecule is CCCCCCCC(=O)[O-].[Fe+2]. The smallest absolute Gasteiger partial charge is 0.550 e. The number of rotatable bonds is 6. The first-order chi connectivity index (χ1) is 4.77. The van der Waals surface area contributed by atoms with Gasteiger partial charge in [-0.1, -0.05) is 32.6 Å². The molecule has 0 fully saturated rings. The fraction of sp³-hybridized carbons (Fsp3) is 0.875. The van der Waals surface area contributed by atoms with Crippen LogP contribution in [0.25, 0.3) is 0 Å². The van der Waals surface area contributed by atoms with Gasteiger partial charge in [0, 0.05) is 5.97 Å². The monoisotopic (exact) mass is 199 g/mol. The topological polar surface area (TPSA) is 40.1 Å². The van der Waals surface area contributed by atoms with Gasteiger partial charge >= 0.3 is 17.1 Å². The van der Waals surface area contributed by atoms with E-state index in [9.17, 15) is 9.90 Å². The van der Waals surface area contributed by atoms with E-state index in [1.807, 2.05) is 0 Å². The summed E-state index contributed by atoms with van der Waals surface area (Å²) in [7, 11) is 0. The average molecular weight is 199 g/mol. The van der Waals surface area contributed by atoms with E-state index in [1.165, 1.54) is 12.8 Å². The molecule has 0 heterocycles. The second-order valence-electron chi connectivity index (χ2n) is 2.54. The van der Waals surface area contributed by atoms with Crippen molar-refractivity contribution in [2.24, 2.45) is 0 Å². The molecule has 0 aliphatic heterocycles. The molecule has 0 N–H and O–H groups in total. The second-order valence-corrected chi connectivity index (χ2v) is 2.54. The van der Waals surface area contributed by atoms with Crippen LogP contribution in [0.1, 0.15) is 45.4 Å². The molecule has 0 saturated heterocycles. The normalized spacial score (nSPS) is 8.82. The first-order valence-corrected chi connectivity index (χ1v) is 3.97. The molecule has 0 aliphatic carbocycles. The van der Waals surface area contributed by atoms with Crippen molar-refractivity contribution >= 4 is 5.97 Å². The Morgan fingerprint density at radius 1 is 1.18 bits per heavy atom. The Hall–Kier alpha value is -0.0105. The van der Waals surface area contributed by atoms with E-state index in [1.54, 1.807) is 0 Å². The fourth-order valence-electron chi connectivity index (χ4n) is 0.873.